The molecule has 21 heavy (non-hydrogen) atoms. The molecule has 116 valence electrons. The summed E-state index contributed by atoms with van der Waals surface area (Å²) < 4.78 is 16.4. The van der Waals surface area contributed by atoms with Crippen molar-refractivity contribution in [1.82, 2.24) is 4.90 Å². The van der Waals surface area contributed by atoms with Crippen LogP contribution < -0.4 is 15.2 Å². The number of nitrogens with zero attached hydrogens (tertiary/aromatic N) is 1. The zero-order valence-corrected chi connectivity index (χ0v) is 12.6. The maximum absolute atomic E-state index is 5.71. The first-order valence-electron chi connectivity index (χ1n) is 7.70. The second kappa shape index (κ2) is 6.64. The fraction of sp³-hybridized carbons (Fsp3) is 0.625. The summed E-state index contributed by atoms with van der Waals surface area (Å²) in [6.07, 6.45) is 2.35. The van der Waals surface area contributed by atoms with Crippen molar-refractivity contribution in [3.63, 3.8) is 0 Å². The molecule has 2 unspecified atom stereocenters. The summed E-state index contributed by atoms with van der Waals surface area (Å²) >= 11 is 0. The lowest BCUT2D eigenvalue weighted by Crippen LogP contribution is -2.49. The van der Waals surface area contributed by atoms with Crippen molar-refractivity contribution in [1.29, 1.82) is 0 Å². The van der Waals surface area contributed by atoms with Gasteiger partial charge in [-0.2, -0.15) is 0 Å². The van der Waals surface area contributed by atoms with Crippen molar-refractivity contribution in [3.05, 3.63) is 23.8 Å². The average molecular weight is 292 g/mol. The Bertz CT molecular complexity index is 481. The Kier molecular flexibility index (Phi) is 4.63. The van der Waals surface area contributed by atoms with Crippen molar-refractivity contribution in [2.24, 2.45) is 5.73 Å². The molecule has 0 saturated carbocycles. The lowest BCUT2D eigenvalue weighted by atomic mass is 10.0. The Balaban J connectivity index is 1.52. The molecular weight excluding hydrogens is 268 g/mol. The van der Waals surface area contributed by atoms with E-state index < -0.39 is 0 Å². The molecule has 0 aliphatic carbocycles. The minimum atomic E-state index is 0.187. The molecule has 0 bridgehead atoms. The van der Waals surface area contributed by atoms with E-state index in [-0.39, 0.29) is 6.10 Å². The highest BCUT2D eigenvalue weighted by atomic mass is 16.7. The summed E-state index contributed by atoms with van der Waals surface area (Å²) in [5.74, 6) is 1.72. The number of morpholine rings is 1. The van der Waals surface area contributed by atoms with E-state index in [2.05, 4.69) is 24.0 Å². The van der Waals surface area contributed by atoms with Crippen LogP contribution in [-0.2, 0) is 11.2 Å². The van der Waals surface area contributed by atoms with Crippen LogP contribution in [0.1, 0.15) is 18.9 Å². The van der Waals surface area contributed by atoms with Crippen molar-refractivity contribution in [2.75, 3.05) is 33.0 Å². The van der Waals surface area contributed by atoms with Crippen LogP contribution in [-0.4, -0.2) is 50.1 Å². The molecule has 1 aromatic rings. The highest BCUT2D eigenvalue weighted by molar-refractivity contribution is 5.44. The smallest absolute Gasteiger partial charge is 0.231 e. The molecule has 2 aliphatic rings. The summed E-state index contributed by atoms with van der Waals surface area (Å²) in [5, 5.41) is 0. The van der Waals surface area contributed by atoms with Crippen molar-refractivity contribution in [2.45, 2.75) is 31.9 Å². The topological polar surface area (TPSA) is 57.0 Å². The monoisotopic (exact) mass is 292 g/mol. The van der Waals surface area contributed by atoms with E-state index in [1.54, 1.807) is 0 Å². The van der Waals surface area contributed by atoms with Gasteiger partial charge in [0.2, 0.25) is 6.79 Å². The molecule has 0 radical (unpaired) electrons. The molecule has 2 N–H and O–H groups in total. The maximum atomic E-state index is 5.71. The van der Waals surface area contributed by atoms with E-state index in [9.17, 15) is 0 Å². The highest BCUT2D eigenvalue weighted by Gasteiger charge is 2.23. The Morgan fingerprint density at radius 1 is 1.33 bits per heavy atom. The number of benzene rings is 1. The molecule has 3 rings (SSSR count). The Hall–Kier alpha value is -1.30. The summed E-state index contributed by atoms with van der Waals surface area (Å²) in [7, 11) is 0. The fourth-order valence-electron chi connectivity index (χ4n) is 2.94. The normalized spacial score (nSPS) is 23.2. The highest BCUT2D eigenvalue weighted by Crippen LogP contribution is 2.32. The molecule has 1 aromatic carbocycles. The second-order valence-electron chi connectivity index (χ2n) is 5.80. The Labute approximate surface area is 126 Å². The second-order valence-corrected chi connectivity index (χ2v) is 5.80. The summed E-state index contributed by atoms with van der Waals surface area (Å²) in [4.78, 5) is 2.48. The fourth-order valence-corrected chi connectivity index (χ4v) is 2.94. The average Bonchev–Trinajstić information content (AvgIpc) is 3.00. The zero-order chi connectivity index (χ0) is 14.7. The Morgan fingerprint density at radius 3 is 3.05 bits per heavy atom. The Morgan fingerprint density at radius 2 is 2.19 bits per heavy atom. The SMILES string of the molecule is CC(CCc1ccc2c(c1)OCO2)N1CCOC(CN)C1. The van der Waals surface area contributed by atoms with Crippen LogP contribution in [0.4, 0.5) is 0 Å². The van der Waals surface area contributed by atoms with Crippen LogP contribution in [0.3, 0.4) is 0 Å². The number of nitrogens with two attached hydrogens (primary N) is 1. The van der Waals surface area contributed by atoms with Crippen LogP contribution in [0, 0.1) is 0 Å². The molecule has 0 spiro atoms. The van der Waals surface area contributed by atoms with Crippen molar-refractivity contribution in [3.8, 4) is 11.5 Å². The van der Waals surface area contributed by atoms with Gasteiger partial charge in [0.05, 0.1) is 12.7 Å². The molecular formula is C16H24N2O3. The van der Waals surface area contributed by atoms with Gasteiger partial charge >= 0.3 is 0 Å². The molecule has 1 fully saturated rings. The van der Waals surface area contributed by atoms with Crippen LogP contribution in [0.25, 0.3) is 0 Å². The van der Waals surface area contributed by atoms with Crippen LogP contribution in [0.2, 0.25) is 0 Å². The van der Waals surface area contributed by atoms with Gasteiger partial charge in [-0.1, -0.05) is 6.07 Å². The lowest BCUT2D eigenvalue weighted by Gasteiger charge is -2.36. The first-order chi connectivity index (χ1) is 10.3. The minimum Gasteiger partial charge on any atom is -0.454 e. The molecule has 1 saturated heterocycles. The van der Waals surface area contributed by atoms with E-state index in [1.165, 1.54) is 5.56 Å². The van der Waals surface area contributed by atoms with Gasteiger partial charge < -0.3 is 19.9 Å². The third-order valence-electron chi connectivity index (χ3n) is 4.34. The standard InChI is InChI=1S/C16H24N2O3/c1-12(18-6-7-19-14(9-17)10-18)2-3-13-4-5-15-16(8-13)21-11-20-15/h4-5,8,12,14H,2-3,6-7,9-11,17H2,1H3. The van der Waals surface area contributed by atoms with Gasteiger partial charge in [0.15, 0.2) is 11.5 Å². The maximum Gasteiger partial charge on any atom is 0.231 e. The molecule has 0 aromatic heterocycles. The summed E-state index contributed by atoms with van der Waals surface area (Å²) in [5.41, 5.74) is 7.01. The van der Waals surface area contributed by atoms with Gasteiger partial charge in [-0.15, -0.1) is 0 Å². The van der Waals surface area contributed by atoms with Gasteiger partial charge in [0.1, 0.15) is 0 Å². The summed E-state index contributed by atoms with van der Waals surface area (Å²) in [6.45, 7) is 5.95. The number of hydrogen-bond donors (Lipinski definition) is 1. The third-order valence-corrected chi connectivity index (χ3v) is 4.34. The number of hydrogen-bond acceptors (Lipinski definition) is 5. The van der Waals surface area contributed by atoms with Gasteiger partial charge in [-0.3, -0.25) is 4.90 Å². The largest absolute Gasteiger partial charge is 0.454 e. The van der Waals surface area contributed by atoms with Crippen LogP contribution in [0.5, 0.6) is 11.5 Å². The lowest BCUT2D eigenvalue weighted by molar-refractivity contribution is -0.0368. The van der Waals surface area contributed by atoms with E-state index in [0.717, 1.165) is 44.0 Å². The third kappa shape index (κ3) is 3.48. The van der Waals surface area contributed by atoms with Gasteiger partial charge in [0, 0.05) is 25.7 Å². The predicted molar refractivity (Wildman–Crippen MR) is 80.7 cm³/mol. The van der Waals surface area contributed by atoms with E-state index >= 15 is 0 Å². The minimum absolute atomic E-state index is 0.187. The first-order valence-corrected chi connectivity index (χ1v) is 7.70. The first kappa shape index (κ1) is 14.6. The van der Waals surface area contributed by atoms with Crippen molar-refractivity contribution >= 4 is 0 Å². The number of aryl methyl sites for hydroxylation is 1. The molecule has 0 amide bonds. The van der Waals surface area contributed by atoms with Gasteiger partial charge in [-0.25, -0.2) is 0 Å². The number of fused-ring (bicyclic) bond motifs is 1. The van der Waals surface area contributed by atoms with Gasteiger partial charge in [0.25, 0.3) is 0 Å². The molecule has 2 aliphatic heterocycles. The van der Waals surface area contributed by atoms with Gasteiger partial charge in [-0.05, 0) is 37.5 Å². The molecule has 5 nitrogen and oxygen atoms in total. The molecule has 2 heterocycles. The van der Waals surface area contributed by atoms with E-state index in [0.29, 0.717) is 19.4 Å². The van der Waals surface area contributed by atoms with Crippen molar-refractivity contribution < 1.29 is 14.2 Å². The molecule has 5 heteroatoms. The summed E-state index contributed by atoms with van der Waals surface area (Å²) in [6, 6.07) is 6.76. The number of rotatable bonds is 5. The zero-order valence-electron chi connectivity index (χ0n) is 12.6. The van der Waals surface area contributed by atoms with E-state index in [4.69, 9.17) is 19.9 Å². The molecule has 2 atom stereocenters. The predicted octanol–water partition coefficient (Wildman–Crippen LogP) is 1.40. The van der Waals surface area contributed by atoms with Crippen LogP contribution >= 0.6 is 0 Å². The quantitative estimate of drug-likeness (QED) is 0.889. The van der Waals surface area contributed by atoms with Crippen LogP contribution in [0.15, 0.2) is 18.2 Å². The van der Waals surface area contributed by atoms with E-state index in [1.807, 2.05) is 6.07 Å². The number of ether oxygens (including phenoxy) is 3.